The third kappa shape index (κ3) is 1.93. The van der Waals surface area contributed by atoms with Crippen molar-refractivity contribution in [2.45, 2.75) is 13.3 Å². The topological polar surface area (TPSA) is 50.2 Å². The van der Waals surface area contributed by atoms with Crippen molar-refractivity contribution in [3.05, 3.63) is 69.8 Å². The number of aromatic amines is 1. The van der Waals surface area contributed by atoms with E-state index < -0.39 is 0 Å². The Morgan fingerprint density at radius 1 is 1.22 bits per heavy atom. The Hall–Kier alpha value is -2.36. The number of nitrogens with zero attached hydrogens (tertiary/aromatic N) is 2. The van der Waals surface area contributed by atoms with Crippen molar-refractivity contribution in [3.8, 4) is 0 Å². The number of H-pyrrole nitrogens is 1. The van der Waals surface area contributed by atoms with Gasteiger partial charge in [-0.2, -0.15) is 5.10 Å². The molecule has 0 spiro atoms. The highest BCUT2D eigenvalue weighted by Crippen LogP contribution is 2.09. The molecule has 0 fully saturated rings. The highest BCUT2D eigenvalue weighted by Gasteiger charge is 2.05. The minimum absolute atomic E-state index is 0.0134. The molecule has 0 amide bonds. The van der Waals surface area contributed by atoms with E-state index in [0.717, 1.165) is 17.9 Å². The lowest BCUT2D eigenvalue weighted by atomic mass is 10.1. The van der Waals surface area contributed by atoms with Crippen LogP contribution in [0, 0.1) is 6.92 Å². The van der Waals surface area contributed by atoms with Crippen LogP contribution in [0.5, 0.6) is 0 Å². The first-order chi connectivity index (χ1) is 8.72. The van der Waals surface area contributed by atoms with E-state index in [0.29, 0.717) is 0 Å². The lowest BCUT2D eigenvalue weighted by molar-refractivity contribution is 0.933. The number of benzene rings is 1. The Morgan fingerprint density at radius 2 is 2.00 bits per heavy atom. The zero-order chi connectivity index (χ0) is 12.5. The quantitative estimate of drug-likeness (QED) is 0.742. The third-order valence-electron chi connectivity index (χ3n) is 2.99. The van der Waals surface area contributed by atoms with Crippen LogP contribution in [0.1, 0.15) is 17.0 Å². The minimum Gasteiger partial charge on any atom is -0.290 e. The standard InChI is InChI=1S/C14H13N3O/c1-10-2-4-11(5-3-10)8-13-15-16-14-9-12(18)6-7-17(13)14/h2-7,9,16H,8H2,1H3. The second kappa shape index (κ2) is 4.14. The molecular weight excluding hydrogens is 226 g/mol. The van der Waals surface area contributed by atoms with E-state index in [-0.39, 0.29) is 5.43 Å². The summed E-state index contributed by atoms with van der Waals surface area (Å²) in [6.45, 7) is 2.07. The second-order valence-corrected chi connectivity index (χ2v) is 4.42. The summed E-state index contributed by atoms with van der Waals surface area (Å²) >= 11 is 0. The van der Waals surface area contributed by atoms with E-state index in [1.807, 2.05) is 4.40 Å². The lowest BCUT2D eigenvalue weighted by Crippen LogP contribution is -2.01. The largest absolute Gasteiger partial charge is 0.290 e. The molecule has 4 nitrogen and oxygen atoms in total. The summed E-state index contributed by atoms with van der Waals surface area (Å²) in [5.74, 6) is 0.897. The highest BCUT2D eigenvalue weighted by molar-refractivity contribution is 5.38. The van der Waals surface area contributed by atoms with Gasteiger partial charge in [-0.1, -0.05) is 29.8 Å². The Balaban J connectivity index is 2.00. The molecule has 1 N–H and O–H groups in total. The summed E-state index contributed by atoms with van der Waals surface area (Å²) in [6.07, 6.45) is 2.49. The number of hydrogen-bond donors (Lipinski definition) is 1. The molecule has 0 unspecified atom stereocenters. The van der Waals surface area contributed by atoms with Gasteiger partial charge in [0.15, 0.2) is 5.43 Å². The molecule has 1 aromatic carbocycles. The van der Waals surface area contributed by atoms with Crippen LogP contribution < -0.4 is 5.43 Å². The number of hydrogen-bond acceptors (Lipinski definition) is 2. The summed E-state index contributed by atoms with van der Waals surface area (Å²) in [6, 6.07) is 11.5. The predicted octanol–water partition coefficient (Wildman–Crippen LogP) is 1.92. The van der Waals surface area contributed by atoms with Crippen LogP contribution in [-0.4, -0.2) is 14.6 Å². The van der Waals surface area contributed by atoms with Crippen LogP contribution in [0.3, 0.4) is 0 Å². The number of aromatic nitrogens is 3. The van der Waals surface area contributed by atoms with Gasteiger partial charge in [0.2, 0.25) is 0 Å². The fourth-order valence-electron chi connectivity index (χ4n) is 1.98. The molecule has 0 bridgehead atoms. The number of nitrogens with one attached hydrogen (secondary N) is 1. The van der Waals surface area contributed by atoms with E-state index >= 15 is 0 Å². The smallest absolute Gasteiger partial charge is 0.183 e. The van der Waals surface area contributed by atoms with Crippen molar-refractivity contribution in [1.82, 2.24) is 14.6 Å². The average Bonchev–Trinajstić information content (AvgIpc) is 2.74. The molecule has 2 heterocycles. The first-order valence-electron chi connectivity index (χ1n) is 5.83. The lowest BCUT2D eigenvalue weighted by Gasteiger charge is -2.01. The minimum atomic E-state index is -0.0134. The highest BCUT2D eigenvalue weighted by atomic mass is 16.1. The molecule has 2 aromatic heterocycles. The molecule has 0 radical (unpaired) electrons. The molecule has 0 aliphatic carbocycles. The van der Waals surface area contributed by atoms with Gasteiger partial charge in [-0.25, -0.2) is 0 Å². The second-order valence-electron chi connectivity index (χ2n) is 4.42. The number of aryl methyl sites for hydroxylation is 1. The molecule has 0 atom stereocenters. The SMILES string of the molecule is Cc1ccc(Cc2n[nH]c3cc(=O)ccn23)cc1. The normalized spacial score (nSPS) is 10.9. The number of pyridine rings is 1. The van der Waals surface area contributed by atoms with Crippen LogP contribution in [-0.2, 0) is 6.42 Å². The maximum absolute atomic E-state index is 11.2. The predicted molar refractivity (Wildman–Crippen MR) is 69.8 cm³/mol. The van der Waals surface area contributed by atoms with Gasteiger partial charge in [0.25, 0.3) is 0 Å². The van der Waals surface area contributed by atoms with Gasteiger partial charge in [0.05, 0.1) is 0 Å². The summed E-state index contributed by atoms with van der Waals surface area (Å²) in [4.78, 5) is 11.2. The monoisotopic (exact) mass is 239 g/mol. The molecule has 3 aromatic rings. The van der Waals surface area contributed by atoms with Gasteiger partial charge >= 0.3 is 0 Å². The van der Waals surface area contributed by atoms with E-state index in [9.17, 15) is 4.79 Å². The molecule has 18 heavy (non-hydrogen) atoms. The van der Waals surface area contributed by atoms with E-state index in [4.69, 9.17) is 0 Å². The Morgan fingerprint density at radius 3 is 2.78 bits per heavy atom. The van der Waals surface area contributed by atoms with Crippen molar-refractivity contribution >= 4 is 5.65 Å². The molecule has 0 saturated heterocycles. The van der Waals surface area contributed by atoms with Crippen molar-refractivity contribution in [1.29, 1.82) is 0 Å². The fourth-order valence-corrected chi connectivity index (χ4v) is 1.98. The summed E-state index contributed by atoms with van der Waals surface area (Å²) in [5.41, 5.74) is 3.16. The van der Waals surface area contributed by atoms with E-state index in [2.05, 4.69) is 41.4 Å². The zero-order valence-electron chi connectivity index (χ0n) is 10.1. The molecule has 3 rings (SSSR count). The Kier molecular flexibility index (Phi) is 2.48. The Bertz CT molecular complexity index is 738. The van der Waals surface area contributed by atoms with Crippen LogP contribution in [0.4, 0.5) is 0 Å². The van der Waals surface area contributed by atoms with Crippen LogP contribution in [0.15, 0.2) is 47.4 Å². The maximum Gasteiger partial charge on any atom is 0.183 e. The number of fused-ring (bicyclic) bond motifs is 1. The van der Waals surface area contributed by atoms with Gasteiger partial charge in [0.1, 0.15) is 11.5 Å². The van der Waals surface area contributed by atoms with E-state index in [1.165, 1.54) is 11.1 Å². The van der Waals surface area contributed by atoms with Crippen LogP contribution in [0.2, 0.25) is 0 Å². The van der Waals surface area contributed by atoms with Gasteiger partial charge in [0, 0.05) is 24.8 Å². The fraction of sp³-hybridized carbons (Fsp3) is 0.143. The van der Waals surface area contributed by atoms with Gasteiger partial charge in [-0.3, -0.25) is 14.3 Å². The molecule has 0 aliphatic heterocycles. The van der Waals surface area contributed by atoms with Crippen LogP contribution >= 0.6 is 0 Å². The molecule has 90 valence electrons. The summed E-state index contributed by atoms with van der Waals surface area (Å²) in [5, 5.41) is 7.13. The van der Waals surface area contributed by atoms with Gasteiger partial charge < -0.3 is 0 Å². The molecular formula is C14H13N3O. The first-order valence-corrected chi connectivity index (χ1v) is 5.83. The Labute approximate surface area is 104 Å². The van der Waals surface area contributed by atoms with Crippen molar-refractivity contribution in [2.75, 3.05) is 0 Å². The summed E-state index contributed by atoms with van der Waals surface area (Å²) < 4.78 is 1.90. The van der Waals surface area contributed by atoms with Crippen molar-refractivity contribution in [3.63, 3.8) is 0 Å². The van der Waals surface area contributed by atoms with Crippen LogP contribution in [0.25, 0.3) is 5.65 Å². The van der Waals surface area contributed by atoms with Crippen molar-refractivity contribution < 1.29 is 0 Å². The van der Waals surface area contributed by atoms with E-state index in [1.54, 1.807) is 18.3 Å². The maximum atomic E-state index is 11.2. The zero-order valence-corrected chi connectivity index (χ0v) is 10.1. The first kappa shape index (κ1) is 10.8. The molecule has 0 aliphatic rings. The van der Waals surface area contributed by atoms with Gasteiger partial charge in [-0.05, 0) is 12.5 Å². The molecule has 4 heteroatoms. The average molecular weight is 239 g/mol. The van der Waals surface area contributed by atoms with Crippen molar-refractivity contribution in [2.24, 2.45) is 0 Å². The number of rotatable bonds is 2. The third-order valence-corrected chi connectivity index (χ3v) is 2.99. The molecule has 0 saturated carbocycles. The van der Waals surface area contributed by atoms with Gasteiger partial charge in [-0.15, -0.1) is 0 Å². The summed E-state index contributed by atoms with van der Waals surface area (Å²) in [7, 11) is 0.